The minimum absolute atomic E-state index is 0.0333. The van der Waals surface area contributed by atoms with E-state index in [4.69, 9.17) is 0 Å². The molecule has 3 aromatic rings. The van der Waals surface area contributed by atoms with E-state index in [0.29, 0.717) is 12.1 Å². The summed E-state index contributed by atoms with van der Waals surface area (Å²) < 4.78 is 0. The number of carbonyl (C=O) groups is 1. The van der Waals surface area contributed by atoms with Crippen molar-refractivity contribution in [1.82, 2.24) is 15.3 Å². The average molecular weight is 279 g/mol. The van der Waals surface area contributed by atoms with Gasteiger partial charge in [0, 0.05) is 12.1 Å². The fourth-order valence-electron chi connectivity index (χ4n) is 2.35. The highest BCUT2D eigenvalue weighted by molar-refractivity contribution is 5.94. The third-order valence-electron chi connectivity index (χ3n) is 3.40. The summed E-state index contributed by atoms with van der Waals surface area (Å²) in [5.41, 5.74) is 3.89. The molecule has 0 radical (unpaired) electrons. The molecule has 1 amide bonds. The van der Waals surface area contributed by atoms with Crippen molar-refractivity contribution in [3.63, 3.8) is 0 Å². The van der Waals surface area contributed by atoms with Gasteiger partial charge in [0.25, 0.3) is 5.91 Å². The Morgan fingerprint density at radius 3 is 2.81 bits per heavy atom. The Kier molecular flexibility index (Phi) is 3.69. The van der Waals surface area contributed by atoms with Gasteiger partial charge in [-0.15, -0.1) is 0 Å². The van der Waals surface area contributed by atoms with Gasteiger partial charge in [-0.2, -0.15) is 0 Å². The van der Waals surface area contributed by atoms with Crippen LogP contribution >= 0.6 is 0 Å². The standard InChI is InChI=1S/C17H17N3O/c1-12-19-15-8-7-13(11-16(15)20-12)9-10-18-17(21)14-5-3-2-4-6-14/h2-8,11H,9-10H2,1H3,(H,18,21)(H,19,20). The van der Waals surface area contributed by atoms with Crippen molar-refractivity contribution in [2.75, 3.05) is 6.54 Å². The number of rotatable bonds is 4. The fraction of sp³-hybridized carbons (Fsp3) is 0.176. The Balaban J connectivity index is 1.60. The van der Waals surface area contributed by atoms with Crippen molar-refractivity contribution in [3.05, 3.63) is 65.5 Å². The molecule has 0 spiro atoms. The Hall–Kier alpha value is -2.62. The number of H-pyrrole nitrogens is 1. The first-order valence-electron chi connectivity index (χ1n) is 7.01. The number of amides is 1. The van der Waals surface area contributed by atoms with Crippen molar-refractivity contribution < 1.29 is 4.79 Å². The van der Waals surface area contributed by atoms with Crippen LogP contribution in [0.4, 0.5) is 0 Å². The van der Waals surface area contributed by atoms with Crippen LogP contribution in [0.5, 0.6) is 0 Å². The van der Waals surface area contributed by atoms with Gasteiger partial charge in [0.15, 0.2) is 0 Å². The summed E-state index contributed by atoms with van der Waals surface area (Å²) in [6, 6.07) is 15.4. The maximum Gasteiger partial charge on any atom is 0.251 e. The lowest BCUT2D eigenvalue weighted by Gasteiger charge is -2.05. The van der Waals surface area contributed by atoms with Crippen LogP contribution in [0.1, 0.15) is 21.7 Å². The van der Waals surface area contributed by atoms with Crippen molar-refractivity contribution in [3.8, 4) is 0 Å². The minimum Gasteiger partial charge on any atom is -0.352 e. The lowest BCUT2D eigenvalue weighted by Crippen LogP contribution is -2.25. The van der Waals surface area contributed by atoms with Gasteiger partial charge in [0.05, 0.1) is 11.0 Å². The predicted octanol–water partition coefficient (Wildman–Crippen LogP) is 2.84. The SMILES string of the molecule is Cc1nc2ccc(CCNC(=O)c3ccccc3)cc2[nH]1. The molecule has 0 bridgehead atoms. The van der Waals surface area contributed by atoms with Crippen molar-refractivity contribution in [2.24, 2.45) is 0 Å². The van der Waals surface area contributed by atoms with Crippen molar-refractivity contribution in [2.45, 2.75) is 13.3 Å². The zero-order chi connectivity index (χ0) is 14.7. The number of benzene rings is 2. The topological polar surface area (TPSA) is 57.8 Å². The minimum atomic E-state index is -0.0333. The number of nitrogens with one attached hydrogen (secondary N) is 2. The van der Waals surface area contributed by atoms with Gasteiger partial charge in [-0.05, 0) is 43.2 Å². The number of hydrogen-bond acceptors (Lipinski definition) is 2. The van der Waals surface area contributed by atoms with E-state index in [0.717, 1.165) is 23.3 Å². The fourth-order valence-corrected chi connectivity index (χ4v) is 2.35. The first-order chi connectivity index (χ1) is 10.2. The second-order valence-corrected chi connectivity index (χ2v) is 5.05. The monoisotopic (exact) mass is 279 g/mol. The van der Waals surface area contributed by atoms with Gasteiger partial charge in [-0.25, -0.2) is 4.98 Å². The Morgan fingerprint density at radius 2 is 2.00 bits per heavy atom. The van der Waals surface area contributed by atoms with E-state index in [1.165, 1.54) is 5.56 Å². The third-order valence-corrected chi connectivity index (χ3v) is 3.40. The summed E-state index contributed by atoms with van der Waals surface area (Å²) in [6.45, 7) is 2.56. The molecular formula is C17H17N3O. The van der Waals surface area contributed by atoms with Crippen LogP contribution in [0.25, 0.3) is 11.0 Å². The van der Waals surface area contributed by atoms with Gasteiger partial charge >= 0.3 is 0 Å². The summed E-state index contributed by atoms with van der Waals surface area (Å²) in [5.74, 6) is 0.883. The second-order valence-electron chi connectivity index (χ2n) is 5.05. The lowest BCUT2D eigenvalue weighted by molar-refractivity contribution is 0.0954. The van der Waals surface area contributed by atoms with E-state index >= 15 is 0 Å². The largest absolute Gasteiger partial charge is 0.352 e. The van der Waals surface area contributed by atoms with Crippen LogP contribution in [0.15, 0.2) is 48.5 Å². The maximum atomic E-state index is 11.9. The first kappa shape index (κ1) is 13.4. The van der Waals surface area contributed by atoms with E-state index < -0.39 is 0 Å². The summed E-state index contributed by atoms with van der Waals surface area (Å²) >= 11 is 0. The molecule has 4 heteroatoms. The molecule has 0 atom stereocenters. The molecule has 106 valence electrons. The van der Waals surface area contributed by atoms with E-state index in [1.54, 1.807) is 0 Å². The maximum absolute atomic E-state index is 11.9. The van der Waals surface area contributed by atoms with Crippen LogP contribution in [-0.2, 0) is 6.42 Å². The van der Waals surface area contributed by atoms with E-state index in [9.17, 15) is 4.79 Å². The molecule has 1 aromatic heterocycles. The van der Waals surface area contributed by atoms with Crippen LogP contribution in [0, 0.1) is 6.92 Å². The summed E-state index contributed by atoms with van der Waals surface area (Å²) in [5, 5.41) is 2.94. The van der Waals surface area contributed by atoms with Crippen LogP contribution in [-0.4, -0.2) is 22.4 Å². The number of hydrogen-bond donors (Lipinski definition) is 2. The number of imidazole rings is 1. The Labute approximate surface area is 123 Å². The molecule has 21 heavy (non-hydrogen) atoms. The molecule has 0 saturated heterocycles. The van der Waals surface area contributed by atoms with Crippen LogP contribution in [0.2, 0.25) is 0 Å². The average Bonchev–Trinajstić information content (AvgIpc) is 2.87. The van der Waals surface area contributed by atoms with Crippen molar-refractivity contribution >= 4 is 16.9 Å². The van der Waals surface area contributed by atoms with Crippen LogP contribution < -0.4 is 5.32 Å². The molecule has 0 aliphatic rings. The van der Waals surface area contributed by atoms with Gasteiger partial charge in [-0.3, -0.25) is 4.79 Å². The third kappa shape index (κ3) is 3.11. The number of carbonyl (C=O) groups excluding carboxylic acids is 1. The zero-order valence-electron chi connectivity index (χ0n) is 11.9. The van der Waals surface area contributed by atoms with Gasteiger partial charge < -0.3 is 10.3 Å². The number of aromatic nitrogens is 2. The molecule has 0 saturated carbocycles. The molecule has 0 aliphatic carbocycles. The number of aryl methyl sites for hydroxylation is 1. The summed E-state index contributed by atoms with van der Waals surface area (Å²) in [4.78, 5) is 19.5. The molecule has 0 unspecified atom stereocenters. The zero-order valence-corrected chi connectivity index (χ0v) is 11.9. The van der Waals surface area contributed by atoms with E-state index in [-0.39, 0.29) is 5.91 Å². The number of nitrogens with zero attached hydrogens (tertiary/aromatic N) is 1. The normalized spacial score (nSPS) is 10.7. The molecule has 0 fully saturated rings. The Morgan fingerprint density at radius 1 is 1.19 bits per heavy atom. The van der Waals surface area contributed by atoms with E-state index in [1.807, 2.05) is 43.3 Å². The number of fused-ring (bicyclic) bond motifs is 1. The highest BCUT2D eigenvalue weighted by Gasteiger charge is 2.04. The highest BCUT2D eigenvalue weighted by atomic mass is 16.1. The first-order valence-corrected chi connectivity index (χ1v) is 7.01. The van der Waals surface area contributed by atoms with E-state index in [2.05, 4.69) is 27.4 Å². The highest BCUT2D eigenvalue weighted by Crippen LogP contribution is 2.13. The summed E-state index contributed by atoms with van der Waals surface area (Å²) in [6.07, 6.45) is 0.798. The molecule has 2 aromatic carbocycles. The molecule has 1 heterocycles. The van der Waals surface area contributed by atoms with Gasteiger partial charge in [-0.1, -0.05) is 24.3 Å². The molecule has 0 aliphatic heterocycles. The van der Waals surface area contributed by atoms with Crippen molar-refractivity contribution in [1.29, 1.82) is 0 Å². The lowest BCUT2D eigenvalue weighted by atomic mass is 10.1. The van der Waals surface area contributed by atoms with Crippen LogP contribution in [0.3, 0.4) is 0 Å². The van der Waals surface area contributed by atoms with Gasteiger partial charge in [0.2, 0.25) is 0 Å². The molecule has 2 N–H and O–H groups in total. The second kappa shape index (κ2) is 5.79. The predicted molar refractivity (Wildman–Crippen MR) is 83.3 cm³/mol. The molecular weight excluding hydrogens is 262 g/mol. The Bertz CT molecular complexity index is 762. The summed E-state index contributed by atoms with van der Waals surface area (Å²) in [7, 11) is 0. The van der Waals surface area contributed by atoms with Gasteiger partial charge in [0.1, 0.15) is 5.82 Å². The smallest absolute Gasteiger partial charge is 0.251 e. The molecule has 3 rings (SSSR count). The quantitative estimate of drug-likeness (QED) is 0.771. The number of aromatic amines is 1. The molecule has 4 nitrogen and oxygen atoms in total.